The lowest BCUT2D eigenvalue weighted by atomic mass is 9.87. The van der Waals surface area contributed by atoms with Crippen molar-refractivity contribution in [1.82, 2.24) is 10.3 Å². The summed E-state index contributed by atoms with van der Waals surface area (Å²) in [5, 5.41) is 2.87. The van der Waals surface area contributed by atoms with Crippen molar-refractivity contribution < 1.29 is 9.53 Å². The number of carbonyl (C=O) groups is 1. The maximum atomic E-state index is 11.8. The van der Waals surface area contributed by atoms with E-state index in [1.807, 2.05) is 24.3 Å². The van der Waals surface area contributed by atoms with Gasteiger partial charge < -0.3 is 10.1 Å². The molecule has 1 aromatic carbocycles. The number of aromatic nitrogens is 1. The summed E-state index contributed by atoms with van der Waals surface area (Å²) in [6.07, 6.45) is 4.69. The minimum atomic E-state index is 0.0329. The van der Waals surface area contributed by atoms with Crippen LogP contribution in [0.5, 0.6) is 5.75 Å². The lowest BCUT2D eigenvalue weighted by Crippen LogP contribution is -2.28. The summed E-state index contributed by atoms with van der Waals surface area (Å²) in [7, 11) is 0. The Bertz CT molecular complexity index is 631. The zero-order chi connectivity index (χ0) is 17.4. The van der Waals surface area contributed by atoms with Gasteiger partial charge >= 0.3 is 0 Å². The molecule has 24 heavy (non-hydrogen) atoms. The van der Waals surface area contributed by atoms with Crippen molar-refractivity contribution in [3.8, 4) is 5.75 Å². The number of carbonyl (C=O) groups excluding carboxylic acids is 1. The van der Waals surface area contributed by atoms with Gasteiger partial charge in [-0.1, -0.05) is 39.0 Å². The van der Waals surface area contributed by atoms with Crippen molar-refractivity contribution in [1.29, 1.82) is 0 Å². The maximum Gasteiger partial charge on any atom is 0.220 e. The van der Waals surface area contributed by atoms with Crippen LogP contribution in [0.1, 0.15) is 38.3 Å². The second-order valence-electron chi connectivity index (χ2n) is 6.83. The number of pyridine rings is 1. The van der Waals surface area contributed by atoms with Crippen LogP contribution < -0.4 is 10.1 Å². The van der Waals surface area contributed by atoms with Gasteiger partial charge in [-0.3, -0.25) is 9.78 Å². The number of hydrogen-bond acceptors (Lipinski definition) is 3. The highest BCUT2D eigenvalue weighted by atomic mass is 16.5. The van der Waals surface area contributed by atoms with Gasteiger partial charge in [-0.2, -0.15) is 0 Å². The third-order valence-electron chi connectivity index (χ3n) is 3.78. The molecule has 0 saturated heterocycles. The lowest BCUT2D eigenvalue weighted by molar-refractivity contribution is -0.121. The van der Waals surface area contributed by atoms with Gasteiger partial charge in [0.25, 0.3) is 0 Å². The fourth-order valence-corrected chi connectivity index (χ4v) is 2.30. The first-order valence-electron chi connectivity index (χ1n) is 8.34. The summed E-state index contributed by atoms with van der Waals surface area (Å²) in [6, 6.07) is 12.0. The molecule has 0 aliphatic carbocycles. The Morgan fingerprint density at radius 2 is 1.92 bits per heavy atom. The molecule has 0 atom stereocenters. The molecule has 0 aliphatic heterocycles. The average molecular weight is 326 g/mol. The number of benzene rings is 1. The highest BCUT2D eigenvalue weighted by Crippen LogP contribution is 2.24. The molecular formula is C20H26N2O2. The van der Waals surface area contributed by atoms with Gasteiger partial charge in [-0.15, -0.1) is 0 Å². The molecule has 128 valence electrons. The zero-order valence-electron chi connectivity index (χ0n) is 14.7. The van der Waals surface area contributed by atoms with Crippen molar-refractivity contribution >= 4 is 5.91 Å². The molecule has 4 nitrogen and oxygen atoms in total. The number of amides is 1. The maximum absolute atomic E-state index is 11.8. The summed E-state index contributed by atoms with van der Waals surface area (Å²) in [5.74, 6) is 0.859. The Morgan fingerprint density at radius 1 is 1.17 bits per heavy atom. The monoisotopic (exact) mass is 326 g/mol. The lowest BCUT2D eigenvalue weighted by Gasteiger charge is -2.19. The van der Waals surface area contributed by atoms with Crippen molar-refractivity contribution in [3.63, 3.8) is 0 Å². The molecule has 4 heteroatoms. The predicted octanol–water partition coefficient (Wildman–Crippen LogP) is 3.51. The Balaban J connectivity index is 1.64. The van der Waals surface area contributed by atoms with E-state index in [4.69, 9.17) is 4.74 Å². The van der Waals surface area contributed by atoms with Crippen LogP contribution in [-0.2, 0) is 16.6 Å². The first-order valence-corrected chi connectivity index (χ1v) is 8.34. The number of ether oxygens (including phenoxy) is 1. The van der Waals surface area contributed by atoms with E-state index in [2.05, 4.69) is 43.2 Å². The Kier molecular flexibility index (Phi) is 6.36. The zero-order valence-corrected chi connectivity index (χ0v) is 14.7. The summed E-state index contributed by atoms with van der Waals surface area (Å²) in [4.78, 5) is 15.8. The van der Waals surface area contributed by atoms with Crippen molar-refractivity contribution in [2.24, 2.45) is 0 Å². The van der Waals surface area contributed by atoms with E-state index < -0.39 is 0 Å². The van der Waals surface area contributed by atoms with Gasteiger partial charge in [0, 0.05) is 18.8 Å². The van der Waals surface area contributed by atoms with Crippen molar-refractivity contribution in [2.75, 3.05) is 13.2 Å². The van der Waals surface area contributed by atoms with Crippen LogP contribution in [0, 0.1) is 0 Å². The second kappa shape index (κ2) is 8.48. The van der Waals surface area contributed by atoms with Gasteiger partial charge in [0.1, 0.15) is 12.4 Å². The quantitative estimate of drug-likeness (QED) is 0.792. The second-order valence-corrected chi connectivity index (χ2v) is 6.83. The first kappa shape index (κ1) is 18.0. The van der Waals surface area contributed by atoms with E-state index in [-0.39, 0.29) is 11.3 Å². The standard InChI is InChI=1S/C20H26N2O2/c1-20(2,3)17-7-9-18(10-8-17)24-14-13-22-19(23)11-6-16-5-4-12-21-15-16/h4-5,7-10,12,15H,6,11,13-14H2,1-3H3,(H,22,23). The average Bonchev–Trinajstić information content (AvgIpc) is 2.57. The van der Waals surface area contributed by atoms with Gasteiger partial charge in [0.2, 0.25) is 5.91 Å². The fourth-order valence-electron chi connectivity index (χ4n) is 2.30. The molecule has 2 rings (SSSR count). The van der Waals surface area contributed by atoms with E-state index in [0.717, 1.165) is 11.3 Å². The molecule has 1 N–H and O–H groups in total. The number of aryl methyl sites for hydroxylation is 1. The molecule has 2 aromatic rings. The minimum absolute atomic E-state index is 0.0329. The van der Waals surface area contributed by atoms with E-state index in [1.54, 1.807) is 12.4 Å². The summed E-state index contributed by atoms with van der Waals surface area (Å²) in [6.45, 7) is 7.53. The first-order chi connectivity index (χ1) is 11.4. The van der Waals surface area contributed by atoms with Gasteiger partial charge in [0.05, 0.1) is 6.54 Å². The number of nitrogens with one attached hydrogen (secondary N) is 1. The molecule has 1 heterocycles. The van der Waals surface area contributed by atoms with Crippen LogP contribution in [0.2, 0.25) is 0 Å². The van der Waals surface area contributed by atoms with Crippen LogP contribution in [0.4, 0.5) is 0 Å². The fraction of sp³-hybridized carbons (Fsp3) is 0.400. The summed E-state index contributed by atoms with van der Waals surface area (Å²) in [5.41, 5.74) is 2.49. The summed E-state index contributed by atoms with van der Waals surface area (Å²) < 4.78 is 5.66. The highest BCUT2D eigenvalue weighted by Gasteiger charge is 2.12. The van der Waals surface area contributed by atoms with E-state index in [1.165, 1.54) is 5.56 Å². The molecule has 0 radical (unpaired) electrons. The third-order valence-corrected chi connectivity index (χ3v) is 3.78. The Hall–Kier alpha value is -2.36. The van der Waals surface area contributed by atoms with Gasteiger partial charge in [-0.05, 0) is 41.2 Å². The van der Waals surface area contributed by atoms with Crippen LogP contribution in [-0.4, -0.2) is 24.0 Å². The van der Waals surface area contributed by atoms with Gasteiger partial charge in [-0.25, -0.2) is 0 Å². The Morgan fingerprint density at radius 3 is 2.54 bits per heavy atom. The van der Waals surface area contributed by atoms with Crippen molar-refractivity contribution in [3.05, 3.63) is 59.9 Å². The van der Waals surface area contributed by atoms with E-state index in [9.17, 15) is 4.79 Å². The number of hydrogen-bond donors (Lipinski definition) is 1. The van der Waals surface area contributed by atoms with Gasteiger partial charge in [0.15, 0.2) is 0 Å². The molecular weight excluding hydrogens is 300 g/mol. The smallest absolute Gasteiger partial charge is 0.220 e. The van der Waals surface area contributed by atoms with E-state index in [0.29, 0.717) is 26.0 Å². The molecule has 0 saturated carbocycles. The SMILES string of the molecule is CC(C)(C)c1ccc(OCCNC(=O)CCc2cccnc2)cc1. The van der Waals surface area contributed by atoms with Crippen LogP contribution >= 0.6 is 0 Å². The molecule has 0 unspecified atom stereocenters. The number of nitrogens with zero attached hydrogens (tertiary/aromatic N) is 1. The predicted molar refractivity (Wildman–Crippen MR) is 96.2 cm³/mol. The molecule has 0 fully saturated rings. The van der Waals surface area contributed by atoms with E-state index >= 15 is 0 Å². The highest BCUT2D eigenvalue weighted by molar-refractivity contribution is 5.76. The van der Waals surface area contributed by atoms with Crippen LogP contribution in [0.25, 0.3) is 0 Å². The van der Waals surface area contributed by atoms with Crippen LogP contribution in [0.3, 0.4) is 0 Å². The minimum Gasteiger partial charge on any atom is -0.492 e. The summed E-state index contributed by atoms with van der Waals surface area (Å²) >= 11 is 0. The molecule has 1 aromatic heterocycles. The third kappa shape index (κ3) is 6.03. The molecule has 1 amide bonds. The largest absolute Gasteiger partial charge is 0.492 e. The number of rotatable bonds is 7. The normalized spacial score (nSPS) is 11.1. The molecule has 0 bridgehead atoms. The molecule has 0 spiro atoms. The molecule has 0 aliphatic rings. The topological polar surface area (TPSA) is 51.2 Å². The van der Waals surface area contributed by atoms with Crippen LogP contribution in [0.15, 0.2) is 48.8 Å². The Labute approximate surface area is 144 Å². The van der Waals surface area contributed by atoms with Crippen molar-refractivity contribution in [2.45, 2.75) is 39.0 Å².